The highest BCUT2D eigenvalue weighted by atomic mass is 16.5. The second-order valence-electron chi connectivity index (χ2n) is 4.27. The van der Waals surface area contributed by atoms with E-state index in [0.29, 0.717) is 24.5 Å². The van der Waals surface area contributed by atoms with Crippen LogP contribution in [0.15, 0.2) is 18.3 Å². The molecular formula is C14H21N3O3. The largest absolute Gasteiger partial charge is 0.465 e. The van der Waals surface area contributed by atoms with Crippen LogP contribution in [-0.2, 0) is 9.53 Å². The maximum atomic E-state index is 12.2. The van der Waals surface area contributed by atoms with E-state index in [1.165, 1.54) is 7.11 Å². The van der Waals surface area contributed by atoms with E-state index in [0.717, 1.165) is 0 Å². The first-order chi connectivity index (χ1) is 9.54. The number of carbonyl (C=O) groups is 2. The Hall–Kier alpha value is -2.11. The van der Waals surface area contributed by atoms with E-state index in [1.807, 2.05) is 13.8 Å². The summed E-state index contributed by atoms with van der Waals surface area (Å²) in [4.78, 5) is 29.6. The molecule has 0 spiro atoms. The van der Waals surface area contributed by atoms with Crippen molar-refractivity contribution in [2.24, 2.45) is 0 Å². The third kappa shape index (κ3) is 3.69. The standard InChI is InChI=1S/C14H21N3O3/c1-5-17(6-2)13(18)10(3)16-12-11(14(19)20-4)8-7-9-15-12/h7-10H,5-6H2,1-4H3,(H,15,16). The molecule has 1 amide bonds. The van der Waals surface area contributed by atoms with Crippen molar-refractivity contribution in [3.05, 3.63) is 23.9 Å². The van der Waals surface area contributed by atoms with Crippen molar-refractivity contribution >= 4 is 17.7 Å². The van der Waals surface area contributed by atoms with Gasteiger partial charge in [0.1, 0.15) is 17.4 Å². The molecule has 20 heavy (non-hydrogen) atoms. The van der Waals surface area contributed by atoms with Crippen molar-refractivity contribution in [1.82, 2.24) is 9.88 Å². The minimum atomic E-state index is -0.483. The topological polar surface area (TPSA) is 71.5 Å². The van der Waals surface area contributed by atoms with E-state index in [-0.39, 0.29) is 5.91 Å². The summed E-state index contributed by atoms with van der Waals surface area (Å²) in [5.41, 5.74) is 0.314. The highest BCUT2D eigenvalue weighted by molar-refractivity contribution is 5.95. The number of aromatic nitrogens is 1. The molecular weight excluding hydrogens is 258 g/mol. The fourth-order valence-corrected chi connectivity index (χ4v) is 1.87. The lowest BCUT2D eigenvalue weighted by Crippen LogP contribution is -2.41. The van der Waals surface area contributed by atoms with Crippen molar-refractivity contribution in [3.8, 4) is 0 Å². The summed E-state index contributed by atoms with van der Waals surface area (Å²) in [6.07, 6.45) is 1.56. The molecule has 1 N–H and O–H groups in total. The monoisotopic (exact) mass is 279 g/mol. The molecule has 0 aliphatic carbocycles. The van der Waals surface area contributed by atoms with Crippen LogP contribution in [0, 0.1) is 0 Å². The number of methoxy groups -OCH3 is 1. The van der Waals surface area contributed by atoms with Gasteiger partial charge >= 0.3 is 5.97 Å². The fourth-order valence-electron chi connectivity index (χ4n) is 1.87. The Kier molecular flexibility index (Phi) is 5.96. The number of hydrogen-bond donors (Lipinski definition) is 1. The maximum Gasteiger partial charge on any atom is 0.341 e. The van der Waals surface area contributed by atoms with Gasteiger partial charge in [0.25, 0.3) is 0 Å². The Bertz CT molecular complexity index is 472. The number of amides is 1. The second-order valence-corrected chi connectivity index (χ2v) is 4.27. The van der Waals surface area contributed by atoms with Crippen LogP contribution in [0.3, 0.4) is 0 Å². The molecule has 110 valence electrons. The van der Waals surface area contributed by atoms with Gasteiger partial charge in [0, 0.05) is 19.3 Å². The number of rotatable bonds is 6. The van der Waals surface area contributed by atoms with Crippen LogP contribution in [0.4, 0.5) is 5.82 Å². The van der Waals surface area contributed by atoms with Gasteiger partial charge < -0.3 is 15.0 Å². The molecule has 0 radical (unpaired) electrons. The Morgan fingerprint density at radius 2 is 2.05 bits per heavy atom. The molecule has 6 nitrogen and oxygen atoms in total. The van der Waals surface area contributed by atoms with E-state index in [2.05, 4.69) is 10.3 Å². The minimum absolute atomic E-state index is 0.0310. The van der Waals surface area contributed by atoms with Gasteiger partial charge in [-0.2, -0.15) is 0 Å². The molecule has 1 rings (SSSR count). The van der Waals surface area contributed by atoms with Gasteiger partial charge in [-0.3, -0.25) is 4.79 Å². The van der Waals surface area contributed by atoms with E-state index < -0.39 is 12.0 Å². The van der Waals surface area contributed by atoms with Gasteiger partial charge in [0.2, 0.25) is 5.91 Å². The average Bonchev–Trinajstić information content (AvgIpc) is 2.48. The summed E-state index contributed by atoms with van der Waals surface area (Å²) >= 11 is 0. The summed E-state index contributed by atoms with van der Waals surface area (Å²) in [6, 6.07) is 2.79. The third-order valence-corrected chi connectivity index (χ3v) is 3.01. The highest BCUT2D eigenvalue weighted by Gasteiger charge is 2.21. The number of nitrogens with one attached hydrogen (secondary N) is 1. The van der Waals surface area contributed by atoms with Crippen molar-refractivity contribution in [3.63, 3.8) is 0 Å². The van der Waals surface area contributed by atoms with Crippen LogP contribution in [0.2, 0.25) is 0 Å². The number of likely N-dealkylation sites (N-methyl/N-ethyl adjacent to an activating group) is 1. The quantitative estimate of drug-likeness (QED) is 0.800. The Labute approximate surface area is 119 Å². The zero-order chi connectivity index (χ0) is 15.1. The van der Waals surface area contributed by atoms with Crippen molar-refractivity contribution in [2.75, 3.05) is 25.5 Å². The van der Waals surface area contributed by atoms with Gasteiger partial charge in [-0.25, -0.2) is 9.78 Å². The summed E-state index contributed by atoms with van der Waals surface area (Å²) < 4.78 is 4.69. The predicted molar refractivity (Wildman–Crippen MR) is 76.6 cm³/mol. The maximum absolute atomic E-state index is 12.2. The van der Waals surface area contributed by atoms with Crippen LogP contribution >= 0.6 is 0 Å². The molecule has 1 unspecified atom stereocenters. The van der Waals surface area contributed by atoms with Crippen molar-refractivity contribution < 1.29 is 14.3 Å². The molecule has 0 fully saturated rings. The average molecular weight is 279 g/mol. The lowest BCUT2D eigenvalue weighted by molar-refractivity contribution is -0.131. The number of pyridine rings is 1. The van der Waals surface area contributed by atoms with Gasteiger partial charge in [-0.1, -0.05) is 0 Å². The first-order valence-corrected chi connectivity index (χ1v) is 6.63. The van der Waals surface area contributed by atoms with E-state index in [4.69, 9.17) is 4.74 Å². The number of carbonyl (C=O) groups excluding carboxylic acids is 2. The Morgan fingerprint density at radius 3 is 2.60 bits per heavy atom. The molecule has 1 atom stereocenters. The van der Waals surface area contributed by atoms with Crippen LogP contribution in [0.1, 0.15) is 31.1 Å². The van der Waals surface area contributed by atoms with E-state index >= 15 is 0 Å². The fraction of sp³-hybridized carbons (Fsp3) is 0.500. The molecule has 0 saturated carbocycles. The summed E-state index contributed by atoms with van der Waals surface area (Å²) in [5.74, 6) is -0.160. The SMILES string of the molecule is CCN(CC)C(=O)C(C)Nc1ncccc1C(=O)OC. The number of anilines is 1. The first kappa shape index (κ1) is 15.9. The van der Waals surface area contributed by atoms with Crippen LogP contribution in [0.25, 0.3) is 0 Å². The molecule has 0 bridgehead atoms. The molecule has 0 saturated heterocycles. The van der Waals surface area contributed by atoms with Gasteiger partial charge in [-0.15, -0.1) is 0 Å². The lowest BCUT2D eigenvalue weighted by atomic mass is 10.2. The molecule has 1 heterocycles. The smallest absolute Gasteiger partial charge is 0.341 e. The normalized spacial score (nSPS) is 11.6. The summed E-state index contributed by atoms with van der Waals surface area (Å²) in [5, 5.41) is 2.97. The predicted octanol–water partition coefficient (Wildman–Crippen LogP) is 1.54. The van der Waals surface area contributed by atoms with Crippen LogP contribution in [0.5, 0.6) is 0 Å². The van der Waals surface area contributed by atoms with Gasteiger partial charge in [0.05, 0.1) is 7.11 Å². The number of hydrogen-bond acceptors (Lipinski definition) is 5. The third-order valence-electron chi connectivity index (χ3n) is 3.01. The summed E-state index contributed by atoms with van der Waals surface area (Å²) in [6.45, 7) is 6.89. The van der Waals surface area contributed by atoms with Gasteiger partial charge in [-0.05, 0) is 32.9 Å². The van der Waals surface area contributed by atoms with Crippen molar-refractivity contribution in [2.45, 2.75) is 26.8 Å². The van der Waals surface area contributed by atoms with Gasteiger partial charge in [0.15, 0.2) is 0 Å². The van der Waals surface area contributed by atoms with E-state index in [9.17, 15) is 9.59 Å². The molecule has 0 aliphatic rings. The zero-order valence-electron chi connectivity index (χ0n) is 12.3. The number of nitrogens with zero attached hydrogens (tertiary/aromatic N) is 2. The lowest BCUT2D eigenvalue weighted by Gasteiger charge is -2.24. The van der Waals surface area contributed by atoms with Crippen LogP contribution < -0.4 is 5.32 Å². The molecule has 0 aliphatic heterocycles. The zero-order valence-corrected chi connectivity index (χ0v) is 12.3. The second kappa shape index (κ2) is 7.47. The number of ether oxygens (including phenoxy) is 1. The van der Waals surface area contributed by atoms with Crippen LogP contribution in [-0.4, -0.2) is 48.0 Å². The number of esters is 1. The molecule has 6 heteroatoms. The Balaban J connectivity index is 2.88. The van der Waals surface area contributed by atoms with Crippen molar-refractivity contribution in [1.29, 1.82) is 0 Å². The summed E-state index contributed by atoms with van der Waals surface area (Å²) in [7, 11) is 1.31. The first-order valence-electron chi connectivity index (χ1n) is 6.63. The minimum Gasteiger partial charge on any atom is -0.465 e. The Morgan fingerprint density at radius 1 is 1.40 bits per heavy atom. The highest BCUT2D eigenvalue weighted by Crippen LogP contribution is 2.14. The molecule has 0 aromatic carbocycles. The van der Waals surface area contributed by atoms with E-state index in [1.54, 1.807) is 30.2 Å². The molecule has 1 aromatic rings. The molecule has 1 aromatic heterocycles.